The van der Waals surface area contributed by atoms with E-state index in [0.29, 0.717) is 13.2 Å². The van der Waals surface area contributed by atoms with Crippen LogP contribution in [0.5, 0.6) is 11.5 Å². The topological polar surface area (TPSA) is 62.6 Å². The number of benzene rings is 2. The summed E-state index contributed by atoms with van der Waals surface area (Å²) in [5.41, 5.74) is 1.71. The number of esters is 1. The van der Waals surface area contributed by atoms with Gasteiger partial charge in [-0.2, -0.15) is 0 Å². The van der Waals surface area contributed by atoms with Gasteiger partial charge in [-0.3, -0.25) is 0 Å². The second kappa shape index (κ2) is 10.1. The van der Waals surface area contributed by atoms with E-state index in [-0.39, 0.29) is 6.61 Å². The van der Waals surface area contributed by atoms with Crippen LogP contribution < -0.4 is 9.47 Å². The van der Waals surface area contributed by atoms with Crippen molar-refractivity contribution in [1.29, 1.82) is 0 Å². The van der Waals surface area contributed by atoms with Crippen molar-refractivity contribution in [3.8, 4) is 11.5 Å². The normalized spacial score (nSPS) is 10.8. The lowest BCUT2D eigenvalue weighted by Crippen LogP contribution is -2.03. The Morgan fingerprint density at radius 3 is 2.59 bits per heavy atom. The fourth-order valence-electron chi connectivity index (χ4n) is 2.63. The van der Waals surface area contributed by atoms with E-state index in [1.165, 1.54) is 6.08 Å². The van der Waals surface area contributed by atoms with Gasteiger partial charge in [0.05, 0.1) is 6.61 Å². The van der Waals surface area contributed by atoms with Gasteiger partial charge in [0, 0.05) is 31.1 Å². The van der Waals surface area contributed by atoms with Gasteiger partial charge in [-0.25, -0.2) is 9.78 Å². The number of carbonyl (C=O) groups excluding carboxylic acids is 1. The predicted molar refractivity (Wildman–Crippen MR) is 110 cm³/mol. The van der Waals surface area contributed by atoms with Gasteiger partial charge in [-0.15, -0.1) is 0 Å². The molecule has 0 fully saturated rings. The maximum atomic E-state index is 12.0. The van der Waals surface area contributed by atoms with Crippen molar-refractivity contribution in [2.24, 2.45) is 7.05 Å². The monoisotopic (exact) mass is 392 g/mol. The fourth-order valence-corrected chi connectivity index (χ4v) is 2.63. The maximum Gasteiger partial charge on any atom is 0.331 e. The lowest BCUT2D eigenvalue weighted by Gasteiger charge is -2.08. The molecule has 0 saturated heterocycles. The Morgan fingerprint density at radius 1 is 1.07 bits per heavy atom. The summed E-state index contributed by atoms with van der Waals surface area (Å²) in [7, 11) is 1.92. The minimum absolute atomic E-state index is 0.190. The van der Waals surface area contributed by atoms with E-state index in [4.69, 9.17) is 14.2 Å². The number of hydrogen-bond donors (Lipinski definition) is 0. The average Bonchev–Trinajstić information content (AvgIpc) is 3.16. The van der Waals surface area contributed by atoms with Crippen LogP contribution in [0.15, 0.2) is 67.0 Å². The highest BCUT2D eigenvalue weighted by molar-refractivity contribution is 5.87. The highest BCUT2D eigenvalue weighted by atomic mass is 16.5. The first-order valence-corrected chi connectivity index (χ1v) is 9.40. The summed E-state index contributed by atoms with van der Waals surface area (Å²) < 4.78 is 18.5. The minimum atomic E-state index is -0.411. The maximum absolute atomic E-state index is 12.0. The Kier molecular flexibility index (Phi) is 7.05. The molecule has 3 rings (SSSR count). The summed E-state index contributed by atoms with van der Waals surface area (Å²) in [6.07, 6.45) is 6.71. The first-order valence-electron chi connectivity index (χ1n) is 9.40. The Labute approximate surface area is 170 Å². The molecule has 2 aromatic carbocycles. The standard InChI is InChI=1S/C23H24N2O4/c1-3-27-21-7-5-4-6-19(21)10-13-23(26)29-16-18-8-11-20(12-9-18)28-17-22-24-14-15-25(22)2/h4-15H,3,16-17H2,1-2H3. The van der Waals surface area contributed by atoms with Crippen molar-refractivity contribution < 1.29 is 19.0 Å². The van der Waals surface area contributed by atoms with Crippen LogP contribution in [0.25, 0.3) is 6.08 Å². The van der Waals surface area contributed by atoms with Gasteiger partial charge >= 0.3 is 5.97 Å². The third-order valence-electron chi connectivity index (χ3n) is 4.21. The smallest absolute Gasteiger partial charge is 0.331 e. The molecule has 6 heteroatoms. The van der Waals surface area contributed by atoms with Gasteiger partial charge in [0.25, 0.3) is 0 Å². The number of aryl methyl sites for hydroxylation is 1. The van der Waals surface area contributed by atoms with Crippen molar-refractivity contribution in [2.75, 3.05) is 6.61 Å². The summed E-state index contributed by atoms with van der Waals surface area (Å²) >= 11 is 0. The lowest BCUT2D eigenvalue weighted by molar-refractivity contribution is -0.138. The molecule has 0 N–H and O–H groups in total. The van der Waals surface area contributed by atoms with Crippen molar-refractivity contribution >= 4 is 12.0 Å². The van der Waals surface area contributed by atoms with E-state index >= 15 is 0 Å². The number of aromatic nitrogens is 2. The number of hydrogen-bond acceptors (Lipinski definition) is 5. The number of carbonyl (C=O) groups is 1. The first-order chi connectivity index (χ1) is 14.2. The van der Waals surface area contributed by atoms with Gasteiger partial charge in [-0.1, -0.05) is 30.3 Å². The molecular formula is C23H24N2O4. The van der Waals surface area contributed by atoms with Crippen LogP contribution in [-0.2, 0) is 29.8 Å². The summed E-state index contributed by atoms with van der Waals surface area (Å²) in [6, 6.07) is 15.0. The van der Waals surface area contributed by atoms with E-state index in [0.717, 1.165) is 28.5 Å². The van der Waals surface area contributed by atoms with Gasteiger partial charge in [-0.05, 0) is 36.8 Å². The summed E-state index contributed by atoms with van der Waals surface area (Å²) in [5, 5.41) is 0. The van der Waals surface area contributed by atoms with Gasteiger partial charge in [0.15, 0.2) is 0 Å². The molecule has 0 unspecified atom stereocenters. The zero-order valence-corrected chi connectivity index (χ0v) is 16.6. The average molecular weight is 392 g/mol. The Bertz CT molecular complexity index is 961. The third-order valence-corrected chi connectivity index (χ3v) is 4.21. The molecule has 0 aliphatic rings. The Hall–Kier alpha value is -3.54. The van der Waals surface area contributed by atoms with Crippen LogP contribution >= 0.6 is 0 Å². The van der Waals surface area contributed by atoms with E-state index in [9.17, 15) is 4.79 Å². The summed E-state index contributed by atoms with van der Waals surface area (Å²) in [5.74, 6) is 1.91. The van der Waals surface area contributed by atoms with Crippen LogP contribution in [0.4, 0.5) is 0 Å². The molecule has 1 heterocycles. The number of nitrogens with zero attached hydrogens (tertiary/aromatic N) is 2. The van der Waals surface area contributed by atoms with Crippen LogP contribution in [0.3, 0.4) is 0 Å². The van der Waals surface area contributed by atoms with E-state index in [1.54, 1.807) is 12.3 Å². The molecule has 0 bridgehead atoms. The van der Waals surface area contributed by atoms with E-state index in [2.05, 4.69) is 4.98 Å². The number of imidazole rings is 1. The number of para-hydroxylation sites is 1. The summed E-state index contributed by atoms with van der Waals surface area (Å²) in [6.45, 7) is 3.07. The zero-order chi connectivity index (χ0) is 20.5. The molecule has 0 amide bonds. The zero-order valence-electron chi connectivity index (χ0n) is 16.6. The molecule has 150 valence electrons. The molecule has 0 atom stereocenters. The molecule has 0 aliphatic carbocycles. The van der Waals surface area contributed by atoms with Crippen LogP contribution in [0.1, 0.15) is 23.9 Å². The van der Waals surface area contributed by atoms with Crippen LogP contribution in [0, 0.1) is 0 Å². The van der Waals surface area contributed by atoms with Gasteiger partial charge < -0.3 is 18.8 Å². The predicted octanol–water partition coefficient (Wildman–Crippen LogP) is 4.15. The molecule has 0 saturated carbocycles. The van der Waals surface area contributed by atoms with E-state index in [1.807, 2.05) is 73.3 Å². The second-order valence-electron chi connectivity index (χ2n) is 6.30. The molecule has 0 spiro atoms. The fraction of sp³-hybridized carbons (Fsp3) is 0.217. The SMILES string of the molecule is CCOc1ccccc1C=CC(=O)OCc1ccc(OCc2nccn2C)cc1. The quantitative estimate of drug-likeness (QED) is 0.404. The highest BCUT2D eigenvalue weighted by Gasteiger charge is 2.04. The Morgan fingerprint density at radius 2 is 1.86 bits per heavy atom. The minimum Gasteiger partial charge on any atom is -0.493 e. The largest absolute Gasteiger partial charge is 0.493 e. The van der Waals surface area contributed by atoms with Gasteiger partial charge in [0.1, 0.15) is 30.5 Å². The molecular weight excluding hydrogens is 368 g/mol. The van der Waals surface area contributed by atoms with Crippen molar-refractivity contribution in [3.05, 3.63) is 84.0 Å². The van der Waals surface area contributed by atoms with Crippen molar-refractivity contribution in [3.63, 3.8) is 0 Å². The van der Waals surface area contributed by atoms with Crippen molar-refractivity contribution in [1.82, 2.24) is 9.55 Å². The summed E-state index contributed by atoms with van der Waals surface area (Å²) in [4.78, 5) is 16.2. The number of rotatable bonds is 9. The van der Waals surface area contributed by atoms with E-state index < -0.39 is 5.97 Å². The van der Waals surface area contributed by atoms with Crippen LogP contribution in [-0.4, -0.2) is 22.1 Å². The van der Waals surface area contributed by atoms with Crippen molar-refractivity contribution in [2.45, 2.75) is 20.1 Å². The number of ether oxygens (including phenoxy) is 3. The van der Waals surface area contributed by atoms with Crippen LogP contribution in [0.2, 0.25) is 0 Å². The molecule has 0 aliphatic heterocycles. The first kappa shape index (κ1) is 20.2. The molecule has 29 heavy (non-hydrogen) atoms. The molecule has 1 aromatic heterocycles. The third kappa shape index (κ3) is 5.97. The van der Waals surface area contributed by atoms with Gasteiger partial charge in [0.2, 0.25) is 0 Å². The second-order valence-corrected chi connectivity index (χ2v) is 6.30. The molecule has 6 nitrogen and oxygen atoms in total. The lowest BCUT2D eigenvalue weighted by atomic mass is 10.2. The highest BCUT2D eigenvalue weighted by Crippen LogP contribution is 2.19. The Balaban J connectivity index is 1.48. The molecule has 0 radical (unpaired) electrons. The molecule has 3 aromatic rings.